The second-order valence-electron chi connectivity index (χ2n) is 8.44. The van der Waals surface area contributed by atoms with Crippen molar-refractivity contribution in [2.75, 3.05) is 18.4 Å². The fourth-order valence-electron chi connectivity index (χ4n) is 4.06. The molecule has 1 amide bonds. The van der Waals surface area contributed by atoms with Gasteiger partial charge in [0.25, 0.3) is 0 Å². The standard InChI is InChI=1S/C18H26N6OS/c1-18(2,3)15-11-24(22-21-15)9-13-8-12-4-6-23(13)10-14(12)16(25)20-17-19-5-7-26-17/h5,7,11-14H,4,6,8-10H2,1-3H3,(H,19,20,25). The lowest BCUT2D eigenvalue weighted by Crippen LogP contribution is -2.57. The van der Waals surface area contributed by atoms with Crippen molar-refractivity contribution < 1.29 is 4.79 Å². The molecule has 2 aromatic rings. The number of hydrogen-bond acceptors (Lipinski definition) is 6. The van der Waals surface area contributed by atoms with Crippen LogP contribution in [0.1, 0.15) is 39.3 Å². The Bertz CT molecular complexity index is 765. The first-order valence-corrected chi connectivity index (χ1v) is 10.1. The first-order valence-electron chi connectivity index (χ1n) is 9.25. The van der Waals surface area contributed by atoms with E-state index in [1.54, 1.807) is 6.20 Å². The Morgan fingerprint density at radius 1 is 1.42 bits per heavy atom. The van der Waals surface area contributed by atoms with Crippen molar-refractivity contribution in [3.05, 3.63) is 23.5 Å². The predicted octanol–water partition coefficient (Wildman–Crippen LogP) is 2.38. The monoisotopic (exact) mass is 374 g/mol. The summed E-state index contributed by atoms with van der Waals surface area (Å²) in [6.45, 7) is 9.20. The van der Waals surface area contributed by atoms with Gasteiger partial charge in [0.05, 0.1) is 18.2 Å². The number of piperidine rings is 3. The van der Waals surface area contributed by atoms with Gasteiger partial charge in [0, 0.05) is 35.8 Å². The molecule has 2 aromatic heterocycles. The maximum absolute atomic E-state index is 12.6. The van der Waals surface area contributed by atoms with Crippen LogP contribution in [0.2, 0.25) is 0 Å². The van der Waals surface area contributed by atoms with Crippen LogP contribution >= 0.6 is 11.3 Å². The molecule has 0 radical (unpaired) electrons. The van der Waals surface area contributed by atoms with Gasteiger partial charge in [-0.2, -0.15) is 0 Å². The number of nitrogens with zero attached hydrogens (tertiary/aromatic N) is 5. The van der Waals surface area contributed by atoms with E-state index in [9.17, 15) is 4.79 Å². The number of anilines is 1. The number of rotatable bonds is 4. The zero-order valence-corrected chi connectivity index (χ0v) is 16.4. The lowest BCUT2D eigenvalue weighted by Gasteiger charge is -2.49. The largest absolute Gasteiger partial charge is 0.302 e. The molecule has 3 aliphatic rings. The van der Waals surface area contributed by atoms with Crippen molar-refractivity contribution in [3.8, 4) is 0 Å². The summed E-state index contributed by atoms with van der Waals surface area (Å²) in [6, 6.07) is 0.437. The average Bonchev–Trinajstić information content (AvgIpc) is 3.27. The molecule has 3 aliphatic heterocycles. The van der Waals surface area contributed by atoms with Gasteiger partial charge in [-0.15, -0.1) is 16.4 Å². The Morgan fingerprint density at radius 3 is 2.88 bits per heavy atom. The highest BCUT2D eigenvalue weighted by Gasteiger charge is 2.43. The Morgan fingerprint density at radius 2 is 2.27 bits per heavy atom. The first kappa shape index (κ1) is 17.6. The molecule has 2 bridgehead atoms. The van der Waals surface area contributed by atoms with E-state index in [1.807, 2.05) is 10.1 Å². The van der Waals surface area contributed by atoms with Crippen molar-refractivity contribution in [2.24, 2.45) is 11.8 Å². The van der Waals surface area contributed by atoms with E-state index < -0.39 is 0 Å². The second kappa shape index (κ2) is 6.74. The quantitative estimate of drug-likeness (QED) is 0.889. The van der Waals surface area contributed by atoms with E-state index in [4.69, 9.17) is 0 Å². The summed E-state index contributed by atoms with van der Waals surface area (Å²) in [5.41, 5.74) is 1.04. The van der Waals surface area contributed by atoms with Gasteiger partial charge in [-0.1, -0.05) is 26.0 Å². The van der Waals surface area contributed by atoms with Crippen molar-refractivity contribution in [3.63, 3.8) is 0 Å². The molecule has 7 nitrogen and oxygen atoms in total. The average molecular weight is 375 g/mol. The smallest absolute Gasteiger partial charge is 0.230 e. The molecule has 140 valence electrons. The highest BCUT2D eigenvalue weighted by atomic mass is 32.1. The van der Waals surface area contributed by atoms with Gasteiger partial charge in [-0.25, -0.2) is 4.98 Å². The van der Waals surface area contributed by atoms with Crippen LogP contribution in [-0.4, -0.2) is 49.9 Å². The summed E-state index contributed by atoms with van der Waals surface area (Å²) >= 11 is 1.47. The van der Waals surface area contributed by atoms with E-state index in [0.29, 0.717) is 17.1 Å². The minimum Gasteiger partial charge on any atom is -0.302 e. The molecule has 0 saturated carbocycles. The van der Waals surface area contributed by atoms with Crippen LogP contribution < -0.4 is 5.32 Å². The van der Waals surface area contributed by atoms with E-state index in [2.05, 4.69) is 52.5 Å². The zero-order valence-electron chi connectivity index (χ0n) is 15.6. The summed E-state index contributed by atoms with van der Waals surface area (Å²) < 4.78 is 1.97. The van der Waals surface area contributed by atoms with Crippen molar-refractivity contribution in [2.45, 2.75) is 51.6 Å². The first-order chi connectivity index (χ1) is 12.4. The van der Waals surface area contributed by atoms with Crippen LogP contribution in [0.15, 0.2) is 17.8 Å². The molecule has 5 heterocycles. The van der Waals surface area contributed by atoms with Gasteiger partial charge in [-0.3, -0.25) is 14.4 Å². The van der Waals surface area contributed by atoms with Gasteiger partial charge in [-0.05, 0) is 25.3 Å². The van der Waals surface area contributed by atoms with Crippen LogP contribution in [0.25, 0.3) is 0 Å². The van der Waals surface area contributed by atoms with Crippen LogP contribution in [0.5, 0.6) is 0 Å². The summed E-state index contributed by atoms with van der Waals surface area (Å²) in [4.78, 5) is 19.2. The van der Waals surface area contributed by atoms with Gasteiger partial charge >= 0.3 is 0 Å². The molecule has 4 atom stereocenters. The SMILES string of the molecule is CC(C)(C)c1cn(CC2CC3CCN2CC3C(=O)Nc2nccs2)nn1. The molecule has 26 heavy (non-hydrogen) atoms. The number of aromatic nitrogens is 4. The second-order valence-corrected chi connectivity index (χ2v) is 9.34. The fraction of sp³-hybridized carbons (Fsp3) is 0.667. The summed E-state index contributed by atoms with van der Waals surface area (Å²) in [5.74, 6) is 0.615. The van der Waals surface area contributed by atoms with Crippen LogP contribution in [-0.2, 0) is 16.8 Å². The zero-order chi connectivity index (χ0) is 18.3. The number of thiazole rings is 1. The number of carbonyl (C=O) groups is 1. The third-order valence-electron chi connectivity index (χ3n) is 5.58. The van der Waals surface area contributed by atoms with E-state index in [-0.39, 0.29) is 17.2 Å². The normalized spacial score (nSPS) is 28.3. The molecular weight excluding hydrogens is 348 g/mol. The maximum Gasteiger partial charge on any atom is 0.230 e. The van der Waals surface area contributed by atoms with E-state index in [1.165, 1.54) is 11.3 Å². The lowest BCUT2D eigenvalue weighted by molar-refractivity contribution is -0.127. The Labute approximate surface area is 157 Å². The molecule has 3 saturated heterocycles. The Kier molecular flexibility index (Phi) is 4.56. The number of carbonyl (C=O) groups excluding carboxylic acids is 1. The molecule has 0 aromatic carbocycles. The molecule has 4 unspecified atom stereocenters. The minimum absolute atomic E-state index is 0.0170. The molecule has 5 rings (SSSR count). The number of nitrogens with one attached hydrogen (secondary N) is 1. The molecule has 3 fully saturated rings. The van der Waals surface area contributed by atoms with Crippen LogP contribution in [0.3, 0.4) is 0 Å². The Hall–Kier alpha value is -1.80. The minimum atomic E-state index is 0.0170. The molecular formula is C18H26N6OS. The van der Waals surface area contributed by atoms with Crippen molar-refractivity contribution in [1.82, 2.24) is 24.9 Å². The van der Waals surface area contributed by atoms with E-state index in [0.717, 1.165) is 38.2 Å². The van der Waals surface area contributed by atoms with Crippen LogP contribution in [0.4, 0.5) is 5.13 Å². The number of hydrogen-bond donors (Lipinski definition) is 1. The summed E-state index contributed by atoms with van der Waals surface area (Å²) in [5, 5.41) is 14.2. The topological polar surface area (TPSA) is 75.9 Å². The Balaban J connectivity index is 1.39. The highest BCUT2D eigenvalue weighted by Crippen LogP contribution is 2.37. The molecule has 1 N–H and O–H groups in total. The van der Waals surface area contributed by atoms with Gasteiger partial charge in [0.15, 0.2) is 5.13 Å². The van der Waals surface area contributed by atoms with Crippen molar-refractivity contribution >= 4 is 22.4 Å². The summed E-state index contributed by atoms with van der Waals surface area (Å²) in [7, 11) is 0. The molecule has 0 aliphatic carbocycles. The van der Waals surface area contributed by atoms with Crippen molar-refractivity contribution in [1.29, 1.82) is 0 Å². The number of amides is 1. The lowest BCUT2D eigenvalue weighted by atomic mass is 9.75. The third kappa shape index (κ3) is 3.53. The van der Waals surface area contributed by atoms with E-state index >= 15 is 0 Å². The molecule has 0 spiro atoms. The summed E-state index contributed by atoms with van der Waals surface area (Å²) in [6.07, 6.45) is 5.92. The molecule has 8 heteroatoms. The van der Waals surface area contributed by atoms with Gasteiger partial charge in [0.1, 0.15) is 0 Å². The fourth-order valence-corrected chi connectivity index (χ4v) is 4.59. The third-order valence-corrected chi connectivity index (χ3v) is 6.27. The highest BCUT2D eigenvalue weighted by molar-refractivity contribution is 7.13. The van der Waals surface area contributed by atoms with Gasteiger partial charge in [0.2, 0.25) is 5.91 Å². The maximum atomic E-state index is 12.6. The number of fused-ring (bicyclic) bond motifs is 3. The van der Waals surface area contributed by atoms with Crippen LogP contribution in [0, 0.1) is 11.8 Å². The predicted molar refractivity (Wildman–Crippen MR) is 101 cm³/mol. The van der Waals surface area contributed by atoms with Gasteiger partial charge < -0.3 is 5.32 Å².